The molecule has 0 amide bonds. The van der Waals surface area contributed by atoms with Gasteiger partial charge in [-0.25, -0.2) is 13.2 Å². The quantitative estimate of drug-likeness (QED) is 0.863. The lowest BCUT2D eigenvalue weighted by atomic mass is 10.1. The van der Waals surface area contributed by atoms with Gasteiger partial charge in [-0.15, -0.1) is 11.3 Å². The molecule has 19 heavy (non-hydrogen) atoms. The molecule has 6 nitrogen and oxygen atoms in total. The monoisotopic (exact) mass is 304 g/mol. The van der Waals surface area contributed by atoms with Crippen LogP contribution in [0.15, 0.2) is 11.0 Å². The largest absolute Gasteiger partial charge is 0.477 e. The number of piperidine rings is 1. The smallest absolute Gasteiger partial charge is 0.345 e. The fraction of sp³-hybridized carbons (Fsp3) is 0.545. The van der Waals surface area contributed by atoms with E-state index in [1.54, 1.807) is 6.92 Å². The Morgan fingerprint density at radius 2 is 2.05 bits per heavy atom. The summed E-state index contributed by atoms with van der Waals surface area (Å²) in [7, 11) is -3.60. The second-order valence-corrected chi connectivity index (χ2v) is 7.74. The van der Waals surface area contributed by atoms with Gasteiger partial charge in [0, 0.05) is 24.0 Å². The predicted octanol–water partition coefficient (Wildman–Crippen LogP) is 0.867. The zero-order valence-electron chi connectivity index (χ0n) is 10.5. The molecule has 1 aromatic rings. The van der Waals surface area contributed by atoms with Crippen molar-refractivity contribution in [1.82, 2.24) is 4.31 Å². The molecule has 1 fully saturated rings. The van der Waals surface area contributed by atoms with E-state index < -0.39 is 16.0 Å². The number of carboxylic acid groups (broad SMARTS) is 1. The topological polar surface area (TPSA) is 101 Å². The van der Waals surface area contributed by atoms with E-state index in [9.17, 15) is 13.2 Å². The van der Waals surface area contributed by atoms with Crippen molar-refractivity contribution in [2.45, 2.75) is 30.7 Å². The third-order valence-corrected chi connectivity index (χ3v) is 6.39. The number of aromatic carboxylic acids is 1. The van der Waals surface area contributed by atoms with Crippen LogP contribution in [0.1, 0.15) is 27.4 Å². The van der Waals surface area contributed by atoms with Crippen LogP contribution in [0.5, 0.6) is 0 Å². The first kappa shape index (κ1) is 14.4. The van der Waals surface area contributed by atoms with Crippen molar-refractivity contribution < 1.29 is 18.3 Å². The van der Waals surface area contributed by atoms with Crippen LogP contribution in [0.2, 0.25) is 0 Å². The number of carboxylic acids is 1. The summed E-state index contributed by atoms with van der Waals surface area (Å²) in [6.45, 7) is 2.40. The van der Waals surface area contributed by atoms with E-state index in [2.05, 4.69) is 0 Å². The Morgan fingerprint density at radius 3 is 2.53 bits per heavy atom. The third-order valence-electron chi connectivity index (χ3n) is 3.20. The molecule has 1 aromatic heterocycles. The Bertz CT molecular complexity index is 586. The number of rotatable bonds is 3. The van der Waals surface area contributed by atoms with E-state index in [0.717, 1.165) is 11.3 Å². The van der Waals surface area contributed by atoms with Crippen molar-refractivity contribution in [2.24, 2.45) is 5.73 Å². The average Bonchev–Trinajstić information content (AvgIpc) is 2.73. The Kier molecular flexibility index (Phi) is 3.95. The molecule has 2 rings (SSSR count). The SMILES string of the molecule is Cc1sc(C(=O)O)cc1S(=O)(=O)N1CCC(N)CC1. The average molecular weight is 304 g/mol. The summed E-state index contributed by atoms with van der Waals surface area (Å²) >= 11 is 0.984. The first-order valence-corrected chi connectivity index (χ1v) is 8.17. The predicted molar refractivity (Wildman–Crippen MR) is 72.0 cm³/mol. The molecule has 0 radical (unpaired) electrons. The van der Waals surface area contributed by atoms with Crippen LogP contribution < -0.4 is 5.73 Å². The van der Waals surface area contributed by atoms with Gasteiger partial charge in [-0.2, -0.15) is 4.31 Å². The summed E-state index contributed by atoms with van der Waals surface area (Å²) in [4.78, 5) is 11.6. The third kappa shape index (κ3) is 2.81. The summed E-state index contributed by atoms with van der Waals surface area (Å²) in [5.41, 5.74) is 5.76. The molecule has 0 bridgehead atoms. The van der Waals surface area contributed by atoms with Crippen LogP contribution >= 0.6 is 11.3 Å². The molecule has 106 valence electrons. The van der Waals surface area contributed by atoms with E-state index in [1.165, 1.54) is 10.4 Å². The molecule has 8 heteroatoms. The molecule has 1 aliphatic rings. The van der Waals surface area contributed by atoms with Gasteiger partial charge in [-0.3, -0.25) is 0 Å². The van der Waals surface area contributed by atoms with E-state index in [0.29, 0.717) is 30.8 Å². The number of hydrogen-bond donors (Lipinski definition) is 2. The first-order chi connectivity index (χ1) is 8.82. The van der Waals surface area contributed by atoms with Gasteiger partial charge >= 0.3 is 5.97 Å². The summed E-state index contributed by atoms with van der Waals surface area (Å²) in [6.07, 6.45) is 1.27. The van der Waals surface area contributed by atoms with Crippen molar-refractivity contribution in [3.05, 3.63) is 15.8 Å². The number of nitrogens with two attached hydrogens (primary N) is 1. The van der Waals surface area contributed by atoms with Crippen molar-refractivity contribution in [3.8, 4) is 0 Å². The minimum atomic E-state index is -3.60. The Hall–Kier alpha value is -0.960. The van der Waals surface area contributed by atoms with Crippen molar-refractivity contribution >= 4 is 27.3 Å². The lowest BCUT2D eigenvalue weighted by Crippen LogP contribution is -2.42. The minimum Gasteiger partial charge on any atom is -0.477 e. The number of nitrogens with zero attached hydrogens (tertiary/aromatic N) is 1. The molecular weight excluding hydrogens is 288 g/mol. The van der Waals surface area contributed by atoms with Gasteiger partial charge in [-0.1, -0.05) is 0 Å². The van der Waals surface area contributed by atoms with Crippen LogP contribution in [0.25, 0.3) is 0 Å². The molecule has 0 aromatic carbocycles. The minimum absolute atomic E-state index is 0.0459. The summed E-state index contributed by atoms with van der Waals surface area (Å²) in [6, 6.07) is 1.29. The molecule has 0 spiro atoms. The normalized spacial score (nSPS) is 18.6. The molecule has 1 aliphatic heterocycles. The second kappa shape index (κ2) is 5.20. The highest BCUT2D eigenvalue weighted by Gasteiger charge is 2.31. The molecule has 3 N–H and O–H groups in total. The molecule has 0 atom stereocenters. The zero-order valence-corrected chi connectivity index (χ0v) is 12.1. The molecule has 0 aliphatic carbocycles. The highest BCUT2D eigenvalue weighted by Crippen LogP contribution is 2.29. The van der Waals surface area contributed by atoms with Crippen molar-refractivity contribution in [1.29, 1.82) is 0 Å². The van der Waals surface area contributed by atoms with E-state index >= 15 is 0 Å². The summed E-state index contributed by atoms with van der Waals surface area (Å²) in [5, 5.41) is 8.92. The number of aryl methyl sites for hydroxylation is 1. The highest BCUT2D eigenvalue weighted by molar-refractivity contribution is 7.89. The fourth-order valence-electron chi connectivity index (χ4n) is 2.08. The maximum absolute atomic E-state index is 12.4. The van der Waals surface area contributed by atoms with Crippen LogP contribution in [0.4, 0.5) is 0 Å². The number of hydrogen-bond acceptors (Lipinski definition) is 5. The van der Waals surface area contributed by atoms with Gasteiger partial charge in [0.25, 0.3) is 0 Å². The van der Waals surface area contributed by atoms with Gasteiger partial charge < -0.3 is 10.8 Å². The van der Waals surface area contributed by atoms with E-state index in [-0.39, 0.29) is 15.8 Å². The molecule has 1 saturated heterocycles. The van der Waals surface area contributed by atoms with Crippen LogP contribution in [0, 0.1) is 6.92 Å². The summed E-state index contributed by atoms with van der Waals surface area (Å²) < 4.78 is 26.3. The van der Waals surface area contributed by atoms with Crippen LogP contribution in [-0.2, 0) is 10.0 Å². The first-order valence-electron chi connectivity index (χ1n) is 5.92. The van der Waals surface area contributed by atoms with E-state index in [4.69, 9.17) is 10.8 Å². The maximum Gasteiger partial charge on any atom is 0.345 e. The van der Waals surface area contributed by atoms with Crippen molar-refractivity contribution in [2.75, 3.05) is 13.1 Å². The highest BCUT2D eigenvalue weighted by atomic mass is 32.2. The van der Waals surface area contributed by atoms with Crippen molar-refractivity contribution in [3.63, 3.8) is 0 Å². The summed E-state index contributed by atoms with van der Waals surface area (Å²) in [5.74, 6) is -1.10. The number of thiophene rings is 1. The lowest BCUT2D eigenvalue weighted by Gasteiger charge is -2.29. The van der Waals surface area contributed by atoms with Gasteiger partial charge in [0.2, 0.25) is 10.0 Å². The fourth-order valence-corrected chi connectivity index (χ4v) is 4.95. The maximum atomic E-state index is 12.4. The molecule has 0 saturated carbocycles. The van der Waals surface area contributed by atoms with Gasteiger partial charge in [0.1, 0.15) is 4.88 Å². The van der Waals surface area contributed by atoms with Crippen LogP contribution in [-0.4, -0.2) is 42.9 Å². The van der Waals surface area contributed by atoms with Gasteiger partial charge in [0.15, 0.2) is 0 Å². The number of carbonyl (C=O) groups is 1. The molecular formula is C11H16N2O4S2. The lowest BCUT2D eigenvalue weighted by molar-refractivity contribution is 0.0702. The molecule has 2 heterocycles. The number of sulfonamides is 1. The Balaban J connectivity index is 2.32. The second-order valence-electron chi connectivity index (χ2n) is 4.58. The van der Waals surface area contributed by atoms with E-state index in [1.807, 2.05) is 0 Å². The van der Waals surface area contributed by atoms with Crippen LogP contribution in [0.3, 0.4) is 0 Å². The standard InChI is InChI=1S/C11H16N2O4S2/c1-7-10(6-9(18-7)11(14)15)19(16,17)13-4-2-8(12)3-5-13/h6,8H,2-5,12H2,1H3,(H,14,15). The van der Waals surface area contributed by atoms with Gasteiger partial charge in [-0.05, 0) is 25.8 Å². The Labute approximate surface area is 115 Å². The zero-order chi connectivity index (χ0) is 14.2. The Morgan fingerprint density at radius 1 is 1.47 bits per heavy atom. The van der Waals surface area contributed by atoms with Gasteiger partial charge in [0.05, 0.1) is 4.90 Å². The molecule has 0 unspecified atom stereocenters.